The number of carbonyl (C=O) groups excluding carboxylic acids is 3. The van der Waals surface area contributed by atoms with Crippen molar-refractivity contribution in [3.8, 4) is 0 Å². The van der Waals surface area contributed by atoms with E-state index in [9.17, 15) is 14.4 Å². The lowest BCUT2D eigenvalue weighted by atomic mass is 9.96. The minimum atomic E-state index is -0.277. The summed E-state index contributed by atoms with van der Waals surface area (Å²) < 4.78 is 5.16. The highest BCUT2D eigenvalue weighted by atomic mass is 16.3. The van der Waals surface area contributed by atoms with E-state index in [-0.39, 0.29) is 29.4 Å². The Bertz CT molecular complexity index is 784. The maximum absolute atomic E-state index is 12.5. The van der Waals surface area contributed by atoms with Gasteiger partial charge in [-0.1, -0.05) is 0 Å². The molecule has 1 atom stereocenters. The number of hydrogen-bond donors (Lipinski definition) is 2. The lowest BCUT2D eigenvalue weighted by Crippen LogP contribution is -2.43. The largest absolute Gasteiger partial charge is 0.459 e. The highest BCUT2D eigenvalue weighted by Gasteiger charge is 2.29. The van der Waals surface area contributed by atoms with Gasteiger partial charge in [0.1, 0.15) is 0 Å². The zero-order chi connectivity index (χ0) is 18.5. The molecular formula is C19H21N3O4. The smallest absolute Gasteiger partial charge is 0.289 e. The van der Waals surface area contributed by atoms with Crippen LogP contribution in [0.2, 0.25) is 0 Å². The Labute approximate surface area is 151 Å². The number of benzene rings is 1. The van der Waals surface area contributed by atoms with Crippen LogP contribution < -0.4 is 10.6 Å². The van der Waals surface area contributed by atoms with Gasteiger partial charge >= 0.3 is 0 Å². The zero-order valence-corrected chi connectivity index (χ0v) is 14.5. The van der Waals surface area contributed by atoms with Crippen molar-refractivity contribution in [2.75, 3.05) is 25.5 Å². The third-order valence-corrected chi connectivity index (χ3v) is 4.45. The second-order valence-corrected chi connectivity index (χ2v) is 6.21. The average molecular weight is 355 g/mol. The lowest BCUT2D eigenvalue weighted by molar-refractivity contribution is -0.121. The van der Waals surface area contributed by atoms with Crippen LogP contribution >= 0.6 is 0 Å². The maximum Gasteiger partial charge on any atom is 0.289 e. The predicted octanol–water partition coefficient (Wildman–Crippen LogP) is 2.13. The molecule has 136 valence electrons. The van der Waals surface area contributed by atoms with Crippen molar-refractivity contribution in [3.05, 3.63) is 54.0 Å². The first-order valence-corrected chi connectivity index (χ1v) is 8.54. The number of anilines is 1. The molecule has 1 aromatic heterocycles. The average Bonchev–Trinajstić information content (AvgIpc) is 3.22. The number of likely N-dealkylation sites (tertiary alicyclic amines) is 1. The normalized spacial score (nSPS) is 16.8. The second-order valence-electron chi connectivity index (χ2n) is 6.21. The summed E-state index contributed by atoms with van der Waals surface area (Å²) in [6.07, 6.45) is 2.95. The summed E-state index contributed by atoms with van der Waals surface area (Å²) in [5.41, 5.74) is 1.15. The number of rotatable bonds is 4. The Kier molecular flexibility index (Phi) is 5.36. The van der Waals surface area contributed by atoms with Crippen molar-refractivity contribution in [2.24, 2.45) is 5.92 Å². The van der Waals surface area contributed by atoms with Gasteiger partial charge in [-0.25, -0.2) is 0 Å². The Morgan fingerprint density at radius 1 is 1.15 bits per heavy atom. The van der Waals surface area contributed by atoms with E-state index in [1.54, 1.807) is 48.3 Å². The van der Waals surface area contributed by atoms with E-state index in [1.807, 2.05) is 0 Å². The third-order valence-electron chi connectivity index (χ3n) is 4.45. The van der Waals surface area contributed by atoms with Crippen molar-refractivity contribution in [1.82, 2.24) is 10.2 Å². The van der Waals surface area contributed by atoms with Crippen LogP contribution in [0.3, 0.4) is 0 Å². The van der Waals surface area contributed by atoms with E-state index >= 15 is 0 Å². The molecule has 2 N–H and O–H groups in total. The number of piperidine rings is 1. The molecule has 0 spiro atoms. The van der Waals surface area contributed by atoms with Crippen molar-refractivity contribution in [1.29, 1.82) is 0 Å². The highest BCUT2D eigenvalue weighted by molar-refractivity contribution is 5.97. The van der Waals surface area contributed by atoms with Gasteiger partial charge in [0.15, 0.2) is 5.76 Å². The molecule has 26 heavy (non-hydrogen) atoms. The first-order chi connectivity index (χ1) is 12.6. The van der Waals surface area contributed by atoms with Crippen molar-refractivity contribution < 1.29 is 18.8 Å². The van der Waals surface area contributed by atoms with Crippen LogP contribution in [0.15, 0.2) is 47.1 Å². The molecule has 2 heterocycles. The van der Waals surface area contributed by atoms with Crippen LogP contribution in [-0.4, -0.2) is 42.8 Å². The zero-order valence-electron chi connectivity index (χ0n) is 14.5. The summed E-state index contributed by atoms with van der Waals surface area (Å²) in [5, 5.41) is 5.41. The molecule has 7 nitrogen and oxygen atoms in total. The maximum atomic E-state index is 12.5. The van der Waals surface area contributed by atoms with Gasteiger partial charge in [-0.2, -0.15) is 0 Å². The van der Waals surface area contributed by atoms with Crippen LogP contribution in [0.5, 0.6) is 0 Å². The van der Waals surface area contributed by atoms with Crippen molar-refractivity contribution >= 4 is 23.4 Å². The molecule has 0 radical (unpaired) electrons. The second kappa shape index (κ2) is 7.86. The summed E-state index contributed by atoms with van der Waals surface area (Å²) in [6, 6.07) is 9.99. The molecule has 1 saturated heterocycles. The summed E-state index contributed by atoms with van der Waals surface area (Å²) in [4.78, 5) is 38.1. The predicted molar refractivity (Wildman–Crippen MR) is 95.8 cm³/mol. The van der Waals surface area contributed by atoms with Crippen LogP contribution in [0.1, 0.15) is 33.8 Å². The minimum Gasteiger partial charge on any atom is -0.459 e. The van der Waals surface area contributed by atoms with E-state index < -0.39 is 0 Å². The molecule has 1 fully saturated rings. The SMILES string of the molecule is CNC(=O)c1ccc(NC(=O)[C@@H]2CCCN(C(=O)c3ccco3)C2)cc1. The number of carbonyl (C=O) groups is 3. The van der Waals surface area contributed by atoms with Gasteiger partial charge in [-0.15, -0.1) is 0 Å². The van der Waals surface area contributed by atoms with Gasteiger partial charge < -0.3 is 20.0 Å². The number of nitrogens with zero attached hydrogens (tertiary/aromatic N) is 1. The summed E-state index contributed by atoms with van der Waals surface area (Å²) >= 11 is 0. The first kappa shape index (κ1) is 17.7. The molecule has 1 aliphatic rings. The number of nitrogens with one attached hydrogen (secondary N) is 2. The molecule has 0 saturated carbocycles. The van der Waals surface area contributed by atoms with Crippen molar-refractivity contribution in [3.63, 3.8) is 0 Å². The molecule has 0 unspecified atom stereocenters. The van der Waals surface area contributed by atoms with E-state index in [1.165, 1.54) is 6.26 Å². The van der Waals surface area contributed by atoms with E-state index in [0.717, 1.165) is 12.8 Å². The Hall–Kier alpha value is -3.09. The molecule has 1 aromatic carbocycles. The molecule has 3 rings (SSSR count). The fourth-order valence-electron chi connectivity index (χ4n) is 3.03. The standard InChI is InChI=1S/C19H21N3O4/c1-20-17(23)13-6-8-15(9-7-13)21-18(24)14-4-2-10-22(12-14)19(25)16-5-3-11-26-16/h3,5-9,11,14H,2,4,10,12H2,1H3,(H,20,23)(H,21,24)/t14-/m1/s1. The molecule has 0 bridgehead atoms. The van der Waals surface area contributed by atoms with Crippen LogP contribution in [0.25, 0.3) is 0 Å². The Morgan fingerprint density at radius 3 is 2.58 bits per heavy atom. The minimum absolute atomic E-state index is 0.130. The van der Waals surface area contributed by atoms with Crippen molar-refractivity contribution in [2.45, 2.75) is 12.8 Å². The third kappa shape index (κ3) is 3.93. The summed E-state index contributed by atoms with van der Waals surface area (Å²) in [5.74, 6) is -0.489. The number of furan rings is 1. The topological polar surface area (TPSA) is 91.7 Å². The summed E-state index contributed by atoms with van der Waals surface area (Å²) in [7, 11) is 1.57. The fraction of sp³-hybridized carbons (Fsp3) is 0.316. The molecule has 3 amide bonds. The van der Waals surface area contributed by atoms with Gasteiger partial charge in [0, 0.05) is 31.4 Å². The van der Waals surface area contributed by atoms with Crippen LogP contribution in [0, 0.1) is 5.92 Å². The molecular weight excluding hydrogens is 334 g/mol. The highest BCUT2D eigenvalue weighted by Crippen LogP contribution is 2.21. The lowest BCUT2D eigenvalue weighted by Gasteiger charge is -2.31. The van der Waals surface area contributed by atoms with Gasteiger partial charge in [0.25, 0.3) is 11.8 Å². The fourth-order valence-corrected chi connectivity index (χ4v) is 3.03. The molecule has 2 aromatic rings. The van der Waals surface area contributed by atoms with Gasteiger partial charge in [0.2, 0.25) is 5.91 Å². The van der Waals surface area contributed by atoms with E-state index in [0.29, 0.717) is 24.3 Å². The molecule has 7 heteroatoms. The summed E-state index contributed by atoms with van der Waals surface area (Å²) in [6.45, 7) is 0.978. The number of hydrogen-bond acceptors (Lipinski definition) is 4. The Morgan fingerprint density at radius 2 is 1.92 bits per heavy atom. The number of amides is 3. The first-order valence-electron chi connectivity index (χ1n) is 8.54. The quantitative estimate of drug-likeness (QED) is 0.879. The monoisotopic (exact) mass is 355 g/mol. The Balaban J connectivity index is 1.60. The molecule has 0 aliphatic carbocycles. The van der Waals surface area contributed by atoms with E-state index in [4.69, 9.17) is 4.42 Å². The van der Waals surface area contributed by atoms with Gasteiger partial charge in [-0.3, -0.25) is 14.4 Å². The van der Waals surface area contributed by atoms with Crippen LogP contribution in [-0.2, 0) is 4.79 Å². The van der Waals surface area contributed by atoms with E-state index in [2.05, 4.69) is 10.6 Å². The van der Waals surface area contributed by atoms with Gasteiger partial charge in [0.05, 0.1) is 12.2 Å². The van der Waals surface area contributed by atoms with Crippen LogP contribution in [0.4, 0.5) is 5.69 Å². The molecule has 1 aliphatic heterocycles. The van der Waals surface area contributed by atoms with Gasteiger partial charge in [-0.05, 0) is 49.2 Å².